The minimum Gasteiger partial charge on any atom is -0.359 e. The van der Waals surface area contributed by atoms with Gasteiger partial charge in [0.1, 0.15) is 11.4 Å². The van der Waals surface area contributed by atoms with Gasteiger partial charge in [-0.3, -0.25) is 9.78 Å². The summed E-state index contributed by atoms with van der Waals surface area (Å²) in [4.78, 5) is 20.1. The molecule has 3 aromatic heterocycles. The van der Waals surface area contributed by atoms with E-state index in [4.69, 9.17) is 0 Å². The van der Waals surface area contributed by atoms with Gasteiger partial charge >= 0.3 is 0 Å². The summed E-state index contributed by atoms with van der Waals surface area (Å²) in [6.07, 6.45) is 9.10. The van der Waals surface area contributed by atoms with Crippen LogP contribution in [0.2, 0.25) is 0 Å². The summed E-state index contributed by atoms with van der Waals surface area (Å²) in [6.45, 7) is 8.22. The van der Waals surface area contributed by atoms with Gasteiger partial charge in [0.25, 0.3) is 5.91 Å². The van der Waals surface area contributed by atoms with Crippen LogP contribution in [-0.2, 0) is 17.8 Å². The summed E-state index contributed by atoms with van der Waals surface area (Å²) < 4.78 is 0. The molecule has 3 aromatic rings. The van der Waals surface area contributed by atoms with Crippen molar-refractivity contribution in [1.82, 2.24) is 30.9 Å². The van der Waals surface area contributed by atoms with Crippen molar-refractivity contribution in [3.63, 3.8) is 0 Å². The lowest BCUT2D eigenvalue weighted by Gasteiger charge is -2.11. The highest BCUT2D eigenvalue weighted by Crippen LogP contribution is 2.30. The van der Waals surface area contributed by atoms with Crippen molar-refractivity contribution in [1.29, 1.82) is 0 Å². The molecular weight excluding hydrogens is 414 g/mol. The predicted molar refractivity (Wildman–Crippen MR) is 129 cm³/mol. The van der Waals surface area contributed by atoms with Gasteiger partial charge in [0, 0.05) is 36.5 Å². The van der Waals surface area contributed by atoms with Crippen LogP contribution in [-0.4, -0.2) is 38.3 Å². The van der Waals surface area contributed by atoms with Gasteiger partial charge in [-0.25, -0.2) is 5.43 Å². The van der Waals surface area contributed by atoms with Crippen molar-refractivity contribution >= 4 is 17.7 Å². The number of pyridine rings is 1. The van der Waals surface area contributed by atoms with Gasteiger partial charge in [-0.05, 0) is 79.3 Å². The lowest BCUT2D eigenvalue weighted by Crippen LogP contribution is -2.15. The molecule has 0 saturated heterocycles. The summed E-state index contributed by atoms with van der Waals surface area (Å²) >= 11 is 0. The zero-order valence-corrected chi connectivity index (χ0v) is 19.2. The molecule has 8 nitrogen and oxygen atoms in total. The van der Waals surface area contributed by atoms with Crippen LogP contribution < -0.4 is 10.7 Å². The Hall–Kier alpha value is -3.65. The Morgan fingerprint density at radius 1 is 1.15 bits per heavy atom. The van der Waals surface area contributed by atoms with E-state index in [0.717, 1.165) is 37.3 Å². The number of aryl methyl sites for hydroxylation is 1. The third-order valence-corrected chi connectivity index (χ3v) is 5.70. The Morgan fingerprint density at radius 3 is 2.70 bits per heavy atom. The van der Waals surface area contributed by atoms with E-state index < -0.39 is 0 Å². The molecule has 33 heavy (non-hydrogen) atoms. The normalized spacial score (nSPS) is 14.7. The molecule has 4 heterocycles. The van der Waals surface area contributed by atoms with Gasteiger partial charge in [-0.15, -0.1) is 5.10 Å². The maximum absolute atomic E-state index is 12.5. The van der Waals surface area contributed by atoms with E-state index in [2.05, 4.69) is 56.8 Å². The third kappa shape index (κ3) is 5.23. The number of H-pyrrole nitrogens is 1. The summed E-state index contributed by atoms with van der Waals surface area (Å²) in [5.41, 5.74) is 10.0. The molecular formula is C25H29N7O. The van der Waals surface area contributed by atoms with Crippen LogP contribution in [0, 0.1) is 6.92 Å². The second-order valence-corrected chi connectivity index (χ2v) is 8.41. The van der Waals surface area contributed by atoms with Gasteiger partial charge in [0.15, 0.2) is 0 Å². The van der Waals surface area contributed by atoms with E-state index in [9.17, 15) is 4.79 Å². The third-order valence-electron chi connectivity index (χ3n) is 5.70. The van der Waals surface area contributed by atoms with Gasteiger partial charge in [-0.1, -0.05) is 13.8 Å². The number of hydrogen-bond acceptors (Lipinski definition) is 6. The number of rotatable bonds is 9. The van der Waals surface area contributed by atoms with E-state index in [1.165, 1.54) is 16.7 Å². The second-order valence-electron chi connectivity index (χ2n) is 8.41. The lowest BCUT2D eigenvalue weighted by atomic mass is 9.93. The first kappa shape index (κ1) is 22.5. The topological polar surface area (TPSA) is 108 Å². The number of carbonyl (C=O) groups excluding carboxylic acids is 1. The van der Waals surface area contributed by atoms with Gasteiger partial charge < -0.3 is 10.3 Å². The molecule has 3 N–H and O–H groups in total. The van der Waals surface area contributed by atoms with Crippen LogP contribution in [0.3, 0.4) is 0 Å². The molecule has 0 unspecified atom stereocenters. The molecule has 4 rings (SSSR count). The highest BCUT2D eigenvalue weighted by atomic mass is 16.2. The number of carbonyl (C=O) groups is 1. The van der Waals surface area contributed by atoms with Crippen molar-refractivity contribution in [3.8, 4) is 0 Å². The monoisotopic (exact) mass is 443 g/mol. The molecule has 1 aliphatic heterocycles. The van der Waals surface area contributed by atoms with Crippen molar-refractivity contribution in [3.05, 3.63) is 82.2 Å². The highest BCUT2D eigenvalue weighted by Gasteiger charge is 2.27. The van der Waals surface area contributed by atoms with Crippen LogP contribution in [0.4, 0.5) is 0 Å². The summed E-state index contributed by atoms with van der Waals surface area (Å²) in [7, 11) is 0. The quantitative estimate of drug-likeness (QED) is 0.347. The zero-order valence-electron chi connectivity index (χ0n) is 19.2. The van der Waals surface area contributed by atoms with E-state index in [-0.39, 0.29) is 5.91 Å². The minimum atomic E-state index is -0.237. The smallest absolute Gasteiger partial charge is 0.273 e. The van der Waals surface area contributed by atoms with Crippen LogP contribution in [0.25, 0.3) is 6.08 Å². The fourth-order valence-electron chi connectivity index (χ4n) is 4.16. The van der Waals surface area contributed by atoms with E-state index in [1.54, 1.807) is 18.3 Å². The van der Waals surface area contributed by atoms with Crippen molar-refractivity contribution in [2.75, 3.05) is 6.54 Å². The van der Waals surface area contributed by atoms with Crippen LogP contribution >= 0.6 is 0 Å². The Balaban J connectivity index is 1.50. The van der Waals surface area contributed by atoms with Gasteiger partial charge in [0.05, 0.1) is 5.57 Å². The van der Waals surface area contributed by atoms with E-state index >= 15 is 0 Å². The van der Waals surface area contributed by atoms with Crippen molar-refractivity contribution < 1.29 is 4.79 Å². The number of hydrogen-bond donors (Lipinski definition) is 3. The standard InChI is InChI=1S/C25H29N7O/c1-16(2)23-19(6-4-10-27-15-18-8-12-26-13-9-18)17(3)29-22(23)14-20-24(31-32-25(20)33)21-7-5-11-28-30-21/h5,7-9,11-14,16,27,29H,4,6,10,15H2,1-3H3,(H,32,33). The average Bonchev–Trinajstić information content (AvgIpc) is 3.34. The molecule has 0 spiro atoms. The van der Waals surface area contributed by atoms with E-state index in [1.807, 2.05) is 30.6 Å². The fourth-order valence-corrected chi connectivity index (χ4v) is 4.16. The largest absolute Gasteiger partial charge is 0.359 e. The molecule has 0 fully saturated rings. The summed E-state index contributed by atoms with van der Waals surface area (Å²) in [5, 5.41) is 15.7. The number of nitrogens with one attached hydrogen (secondary N) is 3. The molecule has 0 bridgehead atoms. The first-order valence-corrected chi connectivity index (χ1v) is 11.2. The van der Waals surface area contributed by atoms with Gasteiger partial charge in [-0.2, -0.15) is 10.2 Å². The average molecular weight is 444 g/mol. The molecule has 0 atom stereocenters. The molecule has 0 aliphatic carbocycles. The Labute approximate surface area is 193 Å². The Kier molecular flexibility index (Phi) is 7.04. The summed E-state index contributed by atoms with van der Waals surface area (Å²) in [5.74, 6) is 0.0717. The number of amides is 1. The maximum Gasteiger partial charge on any atom is 0.273 e. The van der Waals surface area contributed by atoms with Crippen LogP contribution in [0.1, 0.15) is 60.0 Å². The number of aromatic nitrogens is 4. The minimum absolute atomic E-state index is 0.237. The Bertz CT molecular complexity index is 1160. The Morgan fingerprint density at radius 2 is 1.97 bits per heavy atom. The molecule has 0 radical (unpaired) electrons. The van der Waals surface area contributed by atoms with Crippen molar-refractivity contribution in [2.45, 2.75) is 46.1 Å². The van der Waals surface area contributed by atoms with Crippen molar-refractivity contribution in [2.24, 2.45) is 5.10 Å². The maximum atomic E-state index is 12.5. The summed E-state index contributed by atoms with van der Waals surface area (Å²) in [6, 6.07) is 7.63. The molecule has 0 saturated carbocycles. The molecule has 1 amide bonds. The van der Waals surface area contributed by atoms with E-state index in [0.29, 0.717) is 22.9 Å². The zero-order chi connectivity index (χ0) is 23.2. The first-order valence-electron chi connectivity index (χ1n) is 11.2. The first-order chi connectivity index (χ1) is 16.0. The molecule has 170 valence electrons. The SMILES string of the molecule is Cc1[nH]c(C=C2C(=O)NN=C2c2cccnn2)c(C(C)C)c1CCCNCc1ccncc1. The fraction of sp³-hybridized carbons (Fsp3) is 0.320. The lowest BCUT2D eigenvalue weighted by molar-refractivity contribution is -0.116. The second kappa shape index (κ2) is 10.3. The number of nitrogens with zero attached hydrogens (tertiary/aromatic N) is 4. The highest BCUT2D eigenvalue weighted by molar-refractivity contribution is 6.32. The molecule has 8 heteroatoms. The number of hydrazone groups is 1. The van der Waals surface area contributed by atoms with Crippen LogP contribution in [0.15, 0.2) is 53.5 Å². The molecule has 0 aromatic carbocycles. The predicted octanol–water partition coefficient (Wildman–Crippen LogP) is 3.27. The number of aromatic amines is 1. The van der Waals surface area contributed by atoms with Crippen LogP contribution in [0.5, 0.6) is 0 Å². The van der Waals surface area contributed by atoms with Gasteiger partial charge in [0.2, 0.25) is 0 Å². The molecule has 1 aliphatic rings.